The average molecular weight is 333 g/mol. The summed E-state index contributed by atoms with van der Waals surface area (Å²) in [4.78, 5) is 0. The molecule has 1 fully saturated rings. The monoisotopic (exact) mass is 332 g/mol. The van der Waals surface area contributed by atoms with Crippen molar-refractivity contribution < 1.29 is 4.39 Å². The minimum atomic E-state index is -0.316. The fourth-order valence-corrected chi connectivity index (χ4v) is 3.85. The highest BCUT2D eigenvalue weighted by Crippen LogP contribution is 2.34. The summed E-state index contributed by atoms with van der Waals surface area (Å²) in [5, 5.41) is 4.18. The topological polar surface area (TPSA) is 38.0 Å². The van der Waals surface area contributed by atoms with Gasteiger partial charge in [0, 0.05) is 17.4 Å². The van der Waals surface area contributed by atoms with Crippen molar-refractivity contribution in [1.82, 2.24) is 0 Å². The molecule has 0 aliphatic heterocycles. The van der Waals surface area contributed by atoms with E-state index in [4.69, 9.17) is 5.73 Å². The predicted octanol–water partition coefficient (Wildman–Crippen LogP) is 4.26. The van der Waals surface area contributed by atoms with Crippen molar-refractivity contribution >= 4 is 39.1 Å². The van der Waals surface area contributed by atoms with Crippen LogP contribution in [0, 0.1) is 5.82 Å². The van der Waals surface area contributed by atoms with Gasteiger partial charge < -0.3 is 11.1 Å². The van der Waals surface area contributed by atoms with Crippen molar-refractivity contribution in [3.63, 3.8) is 0 Å². The maximum absolute atomic E-state index is 13.3. The van der Waals surface area contributed by atoms with Gasteiger partial charge in [0.1, 0.15) is 5.82 Å². The minimum Gasteiger partial charge on any atom is -0.397 e. The Balaban J connectivity index is 2.00. The van der Waals surface area contributed by atoms with Crippen molar-refractivity contribution in [1.29, 1.82) is 0 Å². The molecule has 0 spiro atoms. The van der Waals surface area contributed by atoms with E-state index >= 15 is 0 Å². The van der Waals surface area contributed by atoms with Gasteiger partial charge in [-0.25, -0.2) is 4.39 Å². The Labute approximate surface area is 120 Å². The van der Waals surface area contributed by atoms with E-state index in [0.717, 1.165) is 23.8 Å². The van der Waals surface area contributed by atoms with Gasteiger partial charge >= 0.3 is 0 Å². The zero-order chi connectivity index (χ0) is 13.1. The Morgan fingerprint density at radius 1 is 1.50 bits per heavy atom. The third-order valence-electron chi connectivity index (χ3n) is 3.24. The molecular formula is C13H18BrFN2S. The maximum Gasteiger partial charge on any atom is 0.139 e. The van der Waals surface area contributed by atoms with E-state index in [1.807, 2.05) is 11.8 Å². The molecule has 2 nitrogen and oxygen atoms in total. The lowest BCUT2D eigenvalue weighted by atomic mass is 10.2. The van der Waals surface area contributed by atoms with Crippen LogP contribution in [0.1, 0.15) is 26.2 Å². The largest absolute Gasteiger partial charge is 0.397 e. The van der Waals surface area contributed by atoms with Crippen LogP contribution in [0.4, 0.5) is 15.8 Å². The molecule has 2 rings (SSSR count). The van der Waals surface area contributed by atoms with E-state index in [0.29, 0.717) is 16.2 Å². The Morgan fingerprint density at radius 2 is 2.28 bits per heavy atom. The summed E-state index contributed by atoms with van der Waals surface area (Å²) in [5.74, 6) is 0.852. The SMILES string of the molecule is CCSC1CCC(Nc2cc(Br)c(F)cc2N)C1. The third-order valence-corrected chi connectivity index (χ3v) is 5.08. The van der Waals surface area contributed by atoms with Gasteiger partial charge in [0.05, 0.1) is 15.8 Å². The van der Waals surface area contributed by atoms with Gasteiger partial charge in [0.25, 0.3) is 0 Å². The van der Waals surface area contributed by atoms with Crippen molar-refractivity contribution in [2.75, 3.05) is 16.8 Å². The molecule has 0 aromatic heterocycles. The fraction of sp³-hybridized carbons (Fsp3) is 0.538. The number of halogens is 2. The first-order valence-corrected chi connectivity index (χ1v) is 8.07. The molecule has 1 aromatic carbocycles. The summed E-state index contributed by atoms with van der Waals surface area (Å²) in [6, 6.07) is 3.54. The van der Waals surface area contributed by atoms with Gasteiger partial charge in [0.15, 0.2) is 0 Å². The number of nitrogen functional groups attached to an aromatic ring is 1. The van der Waals surface area contributed by atoms with Gasteiger partial charge in [-0.1, -0.05) is 6.92 Å². The maximum atomic E-state index is 13.3. The van der Waals surface area contributed by atoms with Crippen LogP contribution in [0.2, 0.25) is 0 Å². The van der Waals surface area contributed by atoms with Crippen molar-refractivity contribution in [3.05, 3.63) is 22.4 Å². The molecule has 0 radical (unpaired) electrons. The van der Waals surface area contributed by atoms with E-state index in [9.17, 15) is 4.39 Å². The van der Waals surface area contributed by atoms with Crippen LogP contribution in [0.3, 0.4) is 0 Å². The highest BCUT2D eigenvalue weighted by atomic mass is 79.9. The molecule has 1 saturated carbocycles. The third kappa shape index (κ3) is 3.32. The Bertz CT molecular complexity index is 428. The lowest BCUT2D eigenvalue weighted by molar-refractivity contribution is 0.621. The highest BCUT2D eigenvalue weighted by molar-refractivity contribution is 9.10. The number of nitrogens with one attached hydrogen (secondary N) is 1. The molecule has 0 bridgehead atoms. The molecule has 18 heavy (non-hydrogen) atoms. The van der Waals surface area contributed by atoms with E-state index in [1.165, 1.54) is 18.2 Å². The van der Waals surface area contributed by atoms with Crippen molar-refractivity contribution in [3.8, 4) is 0 Å². The van der Waals surface area contributed by atoms with Crippen LogP contribution >= 0.6 is 27.7 Å². The van der Waals surface area contributed by atoms with E-state index in [1.54, 1.807) is 6.07 Å². The molecular weight excluding hydrogens is 315 g/mol. The van der Waals surface area contributed by atoms with E-state index < -0.39 is 0 Å². The fourth-order valence-electron chi connectivity index (χ4n) is 2.37. The Morgan fingerprint density at radius 3 is 3.00 bits per heavy atom. The summed E-state index contributed by atoms with van der Waals surface area (Å²) in [7, 11) is 0. The second kappa shape index (κ2) is 6.15. The van der Waals surface area contributed by atoms with Crippen LogP contribution in [0.5, 0.6) is 0 Å². The van der Waals surface area contributed by atoms with Crippen LogP contribution in [-0.4, -0.2) is 17.0 Å². The summed E-state index contributed by atoms with van der Waals surface area (Å²) in [6.07, 6.45) is 3.57. The van der Waals surface area contributed by atoms with Crippen LogP contribution in [0.15, 0.2) is 16.6 Å². The summed E-state index contributed by atoms with van der Waals surface area (Å²) < 4.78 is 13.7. The molecule has 100 valence electrons. The lowest BCUT2D eigenvalue weighted by Gasteiger charge is -2.16. The van der Waals surface area contributed by atoms with Crippen molar-refractivity contribution in [2.24, 2.45) is 0 Å². The molecule has 5 heteroatoms. The molecule has 1 aliphatic rings. The number of nitrogens with two attached hydrogens (primary N) is 1. The number of hydrogen-bond donors (Lipinski definition) is 2. The van der Waals surface area contributed by atoms with Gasteiger partial charge in [-0.05, 0) is 47.0 Å². The number of benzene rings is 1. The van der Waals surface area contributed by atoms with Gasteiger partial charge in [0.2, 0.25) is 0 Å². The second-order valence-corrected chi connectivity index (χ2v) is 7.02. The van der Waals surface area contributed by atoms with Gasteiger partial charge in [-0.3, -0.25) is 0 Å². The average Bonchev–Trinajstić information content (AvgIpc) is 2.74. The summed E-state index contributed by atoms with van der Waals surface area (Å²) in [6.45, 7) is 2.19. The zero-order valence-electron chi connectivity index (χ0n) is 10.4. The first-order valence-electron chi connectivity index (χ1n) is 6.22. The highest BCUT2D eigenvalue weighted by Gasteiger charge is 2.24. The van der Waals surface area contributed by atoms with Crippen LogP contribution in [0.25, 0.3) is 0 Å². The summed E-state index contributed by atoms with van der Waals surface area (Å²) in [5.41, 5.74) is 7.14. The number of rotatable bonds is 4. The lowest BCUT2D eigenvalue weighted by Crippen LogP contribution is -2.17. The first kappa shape index (κ1) is 14.0. The molecule has 0 saturated heterocycles. The van der Waals surface area contributed by atoms with Gasteiger partial charge in [-0.15, -0.1) is 0 Å². The second-order valence-electron chi connectivity index (χ2n) is 4.59. The molecule has 0 heterocycles. The molecule has 0 amide bonds. The standard InChI is InChI=1S/C13H18BrFN2S/c1-2-18-9-4-3-8(5-9)17-13-6-10(14)11(15)7-12(13)16/h6-9,17H,2-5,16H2,1H3. The molecule has 1 aliphatic carbocycles. The zero-order valence-corrected chi connectivity index (χ0v) is 12.8. The Kier molecular flexibility index (Phi) is 4.78. The van der Waals surface area contributed by atoms with E-state index in [2.05, 4.69) is 28.2 Å². The quantitative estimate of drug-likeness (QED) is 0.809. The molecule has 1 aromatic rings. The normalized spacial score (nSPS) is 23.3. The van der Waals surface area contributed by atoms with Crippen LogP contribution in [-0.2, 0) is 0 Å². The number of thioether (sulfide) groups is 1. The van der Waals surface area contributed by atoms with Gasteiger partial charge in [-0.2, -0.15) is 11.8 Å². The first-order chi connectivity index (χ1) is 8.60. The molecule has 3 N–H and O–H groups in total. The smallest absolute Gasteiger partial charge is 0.139 e. The molecule has 2 atom stereocenters. The number of hydrogen-bond acceptors (Lipinski definition) is 3. The van der Waals surface area contributed by atoms with Crippen molar-refractivity contribution in [2.45, 2.75) is 37.5 Å². The minimum absolute atomic E-state index is 0.316. The summed E-state index contributed by atoms with van der Waals surface area (Å²) >= 11 is 5.21. The molecule has 2 unspecified atom stereocenters. The Hall–Kier alpha value is -0.420. The van der Waals surface area contributed by atoms with E-state index in [-0.39, 0.29) is 5.82 Å². The predicted molar refractivity (Wildman–Crippen MR) is 81.7 cm³/mol. The number of anilines is 2. The van der Waals surface area contributed by atoms with Crippen LogP contribution < -0.4 is 11.1 Å².